The normalized spacial score (nSPS) is 12.8. The Morgan fingerprint density at radius 2 is 1.48 bits per heavy atom. The monoisotopic (exact) mass is 382 g/mol. The number of rotatable bonds is 8. The topological polar surface area (TPSA) is 46.5 Å². The van der Waals surface area contributed by atoms with Gasteiger partial charge in [0.2, 0.25) is 0 Å². The van der Waals surface area contributed by atoms with Crippen molar-refractivity contribution in [1.82, 2.24) is 0 Å². The lowest BCUT2D eigenvalue weighted by atomic mass is 10.1. The summed E-state index contributed by atoms with van der Waals surface area (Å²) in [6.07, 6.45) is 2.81. The molecule has 0 heterocycles. The lowest BCUT2D eigenvalue weighted by molar-refractivity contribution is -0.131. The molecule has 27 heavy (non-hydrogen) atoms. The molecule has 0 bridgehead atoms. The summed E-state index contributed by atoms with van der Waals surface area (Å²) in [6, 6.07) is 21.1. The van der Waals surface area contributed by atoms with Crippen molar-refractivity contribution < 1.29 is 14.3 Å². The zero-order chi connectivity index (χ0) is 19.9. The van der Waals surface area contributed by atoms with E-state index in [1.54, 1.807) is 0 Å². The molecule has 0 radical (unpaired) electrons. The van der Waals surface area contributed by atoms with Crippen LogP contribution in [0.1, 0.15) is 40.5 Å². The van der Waals surface area contributed by atoms with Crippen molar-refractivity contribution in [1.29, 1.82) is 0 Å². The van der Waals surface area contributed by atoms with Crippen LogP contribution in [0.4, 0.5) is 0 Å². The summed E-state index contributed by atoms with van der Waals surface area (Å²) in [5.41, 5.74) is 0.869. The maximum atomic E-state index is 10.8. The predicted octanol–water partition coefficient (Wildman–Crippen LogP) is 4.37. The first-order valence-electron chi connectivity index (χ1n) is 9.42. The second kappa shape index (κ2) is 9.15. The third-order valence-corrected chi connectivity index (χ3v) is 9.86. The van der Waals surface area contributed by atoms with Crippen molar-refractivity contribution in [2.75, 3.05) is 6.61 Å². The van der Waals surface area contributed by atoms with Gasteiger partial charge >= 0.3 is 5.97 Å². The smallest absolute Gasteiger partial charge is 0.328 e. The van der Waals surface area contributed by atoms with Gasteiger partial charge in [-0.05, 0) is 35.2 Å². The Kier molecular flexibility index (Phi) is 7.16. The highest BCUT2D eigenvalue weighted by Gasteiger charge is 2.49. The zero-order valence-electron chi connectivity index (χ0n) is 16.7. The molecule has 4 heteroatoms. The van der Waals surface area contributed by atoms with Crippen molar-refractivity contribution in [2.45, 2.75) is 45.6 Å². The standard InChI is InChI=1S/C23H30O3Si/c1-19(18-22(24)25)12-11-17-26-27(23(2,3)4,20-13-7-5-8-14-20)21-15-9-6-10-16-21/h5-10,13-16,18H,11-12,17H2,1-4H3,(H,24,25). The van der Waals surface area contributed by atoms with Gasteiger partial charge in [0.05, 0.1) is 0 Å². The number of allylic oxidation sites excluding steroid dienone is 1. The van der Waals surface area contributed by atoms with E-state index < -0.39 is 14.3 Å². The number of carbonyl (C=O) groups is 1. The minimum Gasteiger partial charge on any atom is -0.478 e. The number of carboxylic acids is 1. The first-order chi connectivity index (χ1) is 12.8. The molecule has 0 saturated heterocycles. The SMILES string of the molecule is CC(=CC(=O)O)CCCO[Si](c1ccccc1)(c1ccccc1)C(C)(C)C. The largest absolute Gasteiger partial charge is 0.478 e. The minimum absolute atomic E-state index is 0.0400. The molecule has 0 aromatic heterocycles. The van der Waals surface area contributed by atoms with Crippen LogP contribution in [-0.2, 0) is 9.22 Å². The lowest BCUT2D eigenvalue weighted by Crippen LogP contribution is -2.66. The van der Waals surface area contributed by atoms with E-state index in [0.29, 0.717) is 6.61 Å². The second-order valence-corrected chi connectivity index (χ2v) is 12.2. The summed E-state index contributed by atoms with van der Waals surface area (Å²) in [7, 11) is -2.49. The molecule has 1 N–H and O–H groups in total. The highest BCUT2D eigenvalue weighted by Crippen LogP contribution is 2.36. The fraction of sp³-hybridized carbons (Fsp3) is 0.348. The van der Waals surface area contributed by atoms with Crippen LogP contribution in [0, 0.1) is 0 Å². The van der Waals surface area contributed by atoms with Gasteiger partial charge in [0, 0.05) is 12.7 Å². The van der Waals surface area contributed by atoms with E-state index in [1.165, 1.54) is 16.4 Å². The molecule has 3 nitrogen and oxygen atoms in total. The Labute approximate surface area is 163 Å². The third-order valence-electron chi connectivity index (χ3n) is 4.82. The molecular formula is C23H30O3Si. The molecule has 2 aromatic carbocycles. The summed E-state index contributed by atoms with van der Waals surface area (Å²) in [6.45, 7) is 9.24. The van der Waals surface area contributed by atoms with Crippen LogP contribution in [0.2, 0.25) is 5.04 Å². The molecule has 144 valence electrons. The minimum atomic E-state index is -2.49. The maximum absolute atomic E-state index is 10.8. The van der Waals surface area contributed by atoms with Crippen molar-refractivity contribution >= 4 is 24.7 Å². The number of benzene rings is 2. The molecule has 0 atom stereocenters. The highest BCUT2D eigenvalue weighted by molar-refractivity contribution is 6.99. The first-order valence-corrected chi connectivity index (χ1v) is 11.3. The summed E-state index contributed by atoms with van der Waals surface area (Å²) in [5.74, 6) is -0.889. The fourth-order valence-electron chi connectivity index (χ4n) is 3.62. The van der Waals surface area contributed by atoms with E-state index in [4.69, 9.17) is 9.53 Å². The van der Waals surface area contributed by atoms with E-state index in [-0.39, 0.29) is 5.04 Å². The van der Waals surface area contributed by atoms with Crippen LogP contribution in [0.25, 0.3) is 0 Å². The summed E-state index contributed by atoms with van der Waals surface area (Å²) >= 11 is 0. The van der Waals surface area contributed by atoms with Crippen LogP contribution < -0.4 is 10.4 Å². The van der Waals surface area contributed by atoms with Gasteiger partial charge < -0.3 is 9.53 Å². The molecule has 0 saturated carbocycles. The molecule has 0 aliphatic rings. The van der Waals surface area contributed by atoms with Gasteiger partial charge in [-0.25, -0.2) is 4.79 Å². The molecule has 0 fully saturated rings. The number of aliphatic carboxylic acids is 1. The number of carboxylic acid groups (broad SMARTS) is 1. The summed E-state index contributed by atoms with van der Waals surface area (Å²) in [5, 5.41) is 11.4. The fourth-order valence-corrected chi connectivity index (χ4v) is 8.23. The van der Waals surface area contributed by atoms with Gasteiger partial charge in [-0.15, -0.1) is 0 Å². The molecule has 0 spiro atoms. The van der Waals surface area contributed by atoms with Crippen molar-refractivity contribution in [2.24, 2.45) is 0 Å². The van der Waals surface area contributed by atoms with E-state index in [0.717, 1.165) is 18.4 Å². The molecule has 0 aliphatic heterocycles. The summed E-state index contributed by atoms with van der Waals surface area (Å²) in [4.78, 5) is 10.8. The average Bonchev–Trinajstić information content (AvgIpc) is 2.61. The van der Waals surface area contributed by atoms with Gasteiger partial charge in [0.1, 0.15) is 0 Å². The van der Waals surface area contributed by atoms with Crippen LogP contribution in [0.15, 0.2) is 72.3 Å². The second-order valence-electron chi connectivity index (χ2n) is 7.94. The number of hydrogen-bond donors (Lipinski definition) is 1. The van der Waals surface area contributed by atoms with Crippen LogP contribution in [0.3, 0.4) is 0 Å². The van der Waals surface area contributed by atoms with Crippen LogP contribution >= 0.6 is 0 Å². The van der Waals surface area contributed by atoms with Crippen molar-refractivity contribution in [3.05, 3.63) is 72.3 Å². The van der Waals surface area contributed by atoms with Gasteiger partial charge in [0.15, 0.2) is 0 Å². The molecule has 2 aromatic rings. The van der Waals surface area contributed by atoms with E-state index >= 15 is 0 Å². The molecular weight excluding hydrogens is 352 g/mol. The Hall–Kier alpha value is -2.17. The Morgan fingerprint density at radius 1 is 1.00 bits per heavy atom. The van der Waals surface area contributed by atoms with Gasteiger partial charge in [0.25, 0.3) is 8.32 Å². The van der Waals surface area contributed by atoms with E-state index in [9.17, 15) is 4.79 Å². The zero-order valence-corrected chi connectivity index (χ0v) is 17.7. The van der Waals surface area contributed by atoms with E-state index in [2.05, 4.69) is 69.3 Å². The van der Waals surface area contributed by atoms with Crippen molar-refractivity contribution in [3.63, 3.8) is 0 Å². The molecule has 0 unspecified atom stereocenters. The molecule has 2 rings (SSSR count). The van der Waals surface area contributed by atoms with E-state index in [1.807, 2.05) is 19.1 Å². The van der Waals surface area contributed by atoms with Gasteiger partial charge in [-0.3, -0.25) is 0 Å². The maximum Gasteiger partial charge on any atom is 0.328 e. The van der Waals surface area contributed by atoms with Crippen molar-refractivity contribution in [3.8, 4) is 0 Å². The third kappa shape index (κ3) is 5.18. The Bertz CT molecular complexity index is 722. The highest BCUT2D eigenvalue weighted by atomic mass is 28.4. The molecule has 0 aliphatic carbocycles. The van der Waals surface area contributed by atoms with Gasteiger partial charge in [-0.2, -0.15) is 0 Å². The molecule has 0 amide bonds. The Balaban J connectivity index is 2.34. The van der Waals surface area contributed by atoms with Crippen LogP contribution in [0.5, 0.6) is 0 Å². The number of hydrogen-bond acceptors (Lipinski definition) is 2. The van der Waals surface area contributed by atoms with Crippen LogP contribution in [-0.4, -0.2) is 26.0 Å². The summed E-state index contributed by atoms with van der Waals surface area (Å²) < 4.78 is 6.79. The predicted molar refractivity (Wildman–Crippen MR) is 114 cm³/mol. The quantitative estimate of drug-likeness (QED) is 0.419. The average molecular weight is 383 g/mol. The van der Waals surface area contributed by atoms with Gasteiger partial charge in [-0.1, -0.05) is 87.0 Å². The first kappa shape index (κ1) is 21.1. The lowest BCUT2D eigenvalue weighted by Gasteiger charge is -2.43. The Morgan fingerprint density at radius 3 is 1.89 bits per heavy atom.